The second-order valence-electron chi connectivity index (χ2n) is 12.7. The van der Waals surface area contributed by atoms with Gasteiger partial charge < -0.3 is 0 Å². The summed E-state index contributed by atoms with van der Waals surface area (Å²) in [4.78, 5) is 4.69. The van der Waals surface area contributed by atoms with Crippen molar-refractivity contribution in [2.24, 2.45) is 6.98 Å². The van der Waals surface area contributed by atoms with Gasteiger partial charge in [-0.05, 0) is 29.2 Å². The standard InChI is InChI=1S/C39H36N4O.Pt/c1-39(2,3)27-20-21-40-38(22-27)43-34-12-6-5-11-30(34)31-19-18-29(24-37(31)43)44-28-17-16-26-10-9-15-33(32(26)23-28)42-25-41(4)35-13-7-8-14-36(35)42;/h5-8,11-14,16-24,33H,9-10,15H2,1-4H3;/i4D3,5D,6D,11D,12D;. The Hall–Kier alpha value is -4.21. The van der Waals surface area contributed by atoms with Crippen LogP contribution in [-0.2, 0) is 38.2 Å². The molecule has 0 bridgehead atoms. The zero-order valence-corrected chi connectivity index (χ0v) is 27.5. The van der Waals surface area contributed by atoms with Crippen LogP contribution in [0.25, 0.3) is 38.7 Å². The number of rotatable bonds is 4. The SMILES string of the molecule is [2H]c1c([2H])c([2H])c2c(c1[2H])c1ccc(Oc3ccc4c(c3)C(n3[c](=[Pt])n(C([2H])([2H])[2H])c5ccccc53)CCC4)cc1n2-c1cc(C(C)(C)C)ccn1. The van der Waals surface area contributed by atoms with E-state index in [1.54, 1.807) is 6.20 Å². The van der Waals surface area contributed by atoms with E-state index in [-0.39, 0.29) is 35.6 Å². The molecule has 228 valence electrons. The Morgan fingerprint density at radius 1 is 0.889 bits per heavy atom. The van der Waals surface area contributed by atoms with Crippen molar-refractivity contribution in [2.75, 3.05) is 0 Å². The number of aryl methyl sites for hydroxylation is 2. The normalized spacial score (nSPS) is 17.7. The maximum atomic E-state index is 8.93. The Bertz CT molecular complexity index is 2650. The molecule has 0 fully saturated rings. The molecule has 0 saturated heterocycles. The molecule has 1 atom stereocenters. The zero-order chi connectivity index (χ0) is 36.9. The molecule has 1 aliphatic rings. The van der Waals surface area contributed by atoms with Gasteiger partial charge in [0.1, 0.15) is 0 Å². The van der Waals surface area contributed by atoms with Crippen molar-refractivity contribution >= 4 is 32.8 Å². The third-order valence-corrected chi connectivity index (χ3v) is 9.95. The van der Waals surface area contributed by atoms with E-state index in [1.807, 2.05) is 65.2 Å². The van der Waals surface area contributed by atoms with E-state index in [0.29, 0.717) is 48.4 Å². The van der Waals surface area contributed by atoms with Crippen molar-refractivity contribution in [3.8, 4) is 17.3 Å². The number of hydrogen-bond acceptors (Lipinski definition) is 2. The fourth-order valence-electron chi connectivity index (χ4n) is 6.66. The third-order valence-electron chi connectivity index (χ3n) is 8.90. The van der Waals surface area contributed by atoms with Gasteiger partial charge in [0.15, 0.2) is 0 Å². The summed E-state index contributed by atoms with van der Waals surface area (Å²) < 4.78 is 72.2. The molecule has 0 radical (unpaired) electrons. The van der Waals surface area contributed by atoms with E-state index in [0.717, 1.165) is 35.9 Å². The molecule has 6 heteroatoms. The summed E-state index contributed by atoms with van der Waals surface area (Å²) in [6, 6.07) is 22.3. The quantitative estimate of drug-likeness (QED) is 0.179. The third kappa shape index (κ3) is 4.71. The molecular weight excluding hydrogens is 736 g/mol. The van der Waals surface area contributed by atoms with Crippen LogP contribution < -0.4 is 4.74 Å². The predicted octanol–water partition coefficient (Wildman–Crippen LogP) is 9.57. The van der Waals surface area contributed by atoms with Gasteiger partial charge in [0.2, 0.25) is 0 Å². The first-order valence-electron chi connectivity index (χ1n) is 18.6. The van der Waals surface area contributed by atoms with Crippen LogP contribution in [-0.4, -0.2) is 18.7 Å². The van der Waals surface area contributed by atoms with Gasteiger partial charge in [-0.15, -0.1) is 0 Å². The number of nitrogens with zero attached hydrogens (tertiary/aromatic N) is 4. The van der Waals surface area contributed by atoms with Crippen LogP contribution in [0.1, 0.15) is 65.9 Å². The van der Waals surface area contributed by atoms with Gasteiger partial charge in [-0.3, -0.25) is 0 Å². The van der Waals surface area contributed by atoms with Crippen molar-refractivity contribution in [1.29, 1.82) is 0 Å². The first-order valence-corrected chi connectivity index (χ1v) is 16.3. The average molecular weight is 779 g/mol. The van der Waals surface area contributed by atoms with E-state index in [9.17, 15) is 0 Å². The number of hydrogen-bond donors (Lipinski definition) is 0. The second-order valence-corrected chi connectivity index (χ2v) is 13.7. The van der Waals surface area contributed by atoms with Crippen molar-refractivity contribution in [2.45, 2.75) is 51.5 Å². The van der Waals surface area contributed by atoms with Crippen LogP contribution in [0.5, 0.6) is 11.5 Å². The fourth-order valence-corrected chi connectivity index (χ4v) is 7.56. The molecule has 3 aromatic heterocycles. The van der Waals surface area contributed by atoms with Crippen LogP contribution in [0, 0.1) is 3.80 Å². The Balaban J connectivity index is 1.27. The second kappa shape index (κ2) is 10.7. The summed E-state index contributed by atoms with van der Waals surface area (Å²) >= 11 is 2.14. The minimum Gasteiger partial charge on any atom is -0.239 e. The molecule has 0 saturated carbocycles. The molecule has 4 aromatic carbocycles. The number of fused-ring (bicyclic) bond motifs is 5. The van der Waals surface area contributed by atoms with E-state index in [1.165, 1.54) is 10.1 Å². The maximum absolute atomic E-state index is 8.93. The van der Waals surface area contributed by atoms with Gasteiger partial charge in [-0.25, -0.2) is 4.98 Å². The van der Waals surface area contributed by atoms with Crippen LogP contribution >= 0.6 is 0 Å². The summed E-state index contributed by atoms with van der Waals surface area (Å²) in [6.45, 7) is 4.01. The molecule has 8 rings (SSSR count). The van der Waals surface area contributed by atoms with Crippen LogP contribution in [0.2, 0.25) is 0 Å². The molecule has 7 aromatic rings. The van der Waals surface area contributed by atoms with Gasteiger partial charge in [0.05, 0.1) is 5.48 Å². The van der Waals surface area contributed by atoms with E-state index in [2.05, 4.69) is 56.8 Å². The van der Waals surface area contributed by atoms with Crippen molar-refractivity contribution < 1.29 is 33.7 Å². The zero-order valence-electron chi connectivity index (χ0n) is 32.2. The molecular formula is C39H36N4OPt. The van der Waals surface area contributed by atoms with Crippen molar-refractivity contribution in [3.63, 3.8) is 0 Å². The van der Waals surface area contributed by atoms with Crippen LogP contribution in [0.4, 0.5) is 0 Å². The van der Waals surface area contributed by atoms with Gasteiger partial charge in [-0.1, -0.05) is 38.9 Å². The molecule has 5 nitrogen and oxygen atoms in total. The average Bonchev–Trinajstić information content (AvgIpc) is 3.61. The Morgan fingerprint density at radius 3 is 2.53 bits per heavy atom. The smallest absolute Gasteiger partial charge is 0.239 e. The van der Waals surface area contributed by atoms with E-state index in [4.69, 9.17) is 19.3 Å². The number of para-hydroxylation sites is 3. The molecule has 0 aliphatic heterocycles. The molecule has 45 heavy (non-hydrogen) atoms. The number of aromatic nitrogens is 4. The number of ether oxygens (including phenoxy) is 1. The molecule has 0 amide bonds. The summed E-state index contributed by atoms with van der Waals surface area (Å²) in [6.07, 6.45) is 4.46. The molecule has 1 unspecified atom stereocenters. The first kappa shape index (κ1) is 21.5. The summed E-state index contributed by atoms with van der Waals surface area (Å²) in [5, 5.41) is 1.09. The topological polar surface area (TPSA) is 36.9 Å². The first-order chi connectivity index (χ1) is 24.6. The van der Waals surface area contributed by atoms with Gasteiger partial charge in [-0.2, -0.15) is 0 Å². The monoisotopic (exact) mass is 778 g/mol. The van der Waals surface area contributed by atoms with Crippen molar-refractivity contribution in [3.05, 3.63) is 124 Å². The number of pyridine rings is 1. The minimum absolute atomic E-state index is 0.0939. The fraction of sp³-hybridized carbons (Fsp3) is 0.231. The van der Waals surface area contributed by atoms with Crippen LogP contribution in [0.15, 0.2) is 103 Å². The van der Waals surface area contributed by atoms with Gasteiger partial charge in [0, 0.05) is 6.20 Å². The van der Waals surface area contributed by atoms with Crippen LogP contribution in [0.3, 0.4) is 0 Å². The molecule has 0 N–H and O–H groups in total. The molecule has 1 aliphatic carbocycles. The number of benzene rings is 4. The minimum atomic E-state index is -2.33. The molecule has 0 spiro atoms. The number of imidazole rings is 1. The Labute approximate surface area is 284 Å². The predicted molar refractivity (Wildman–Crippen MR) is 179 cm³/mol. The Morgan fingerprint density at radius 2 is 1.69 bits per heavy atom. The van der Waals surface area contributed by atoms with E-state index < -0.39 is 6.98 Å². The van der Waals surface area contributed by atoms with Gasteiger partial charge in [0.25, 0.3) is 0 Å². The van der Waals surface area contributed by atoms with Crippen molar-refractivity contribution in [1.82, 2.24) is 18.7 Å². The summed E-state index contributed by atoms with van der Waals surface area (Å²) in [5.41, 5.74) is 5.69. The summed E-state index contributed by atoms with van der Waals surface area (Å²) in [5.74, 6) is 1.71. The molecule has 3 heterocycles. The van der Waals surface area contributed by atoms with Gasteiger partial charge >= 0.3 is 200 Å². The summed E-state index contributed by atoms with van der Waals surface area (Å²) in [7, 11) is 0. The Kier molecular flexibility index (Phi) is 5.12. The van der Waals surface area contributed by atoms with E-state index >= 15 is 0 Å².